The Morgan fingerprint density at radius 1 is 1.00 bits per heavy atom. The summed E-state index contributed by atoms with van der Waals surface area (Å²) in [4.78, 5) is 0. The highest BCUT2D eigenvalue weighted by Gasteiger charge is 2.03. The van der Waals surface area contributed by atoms with Crippen LogP contribution in [0, 0.1) is 5.92 Å². The van der Waals surface area contributed by atoms with Crippen LogP contribution < -0.4 is 10.1 Å². The van der Waals surface area contributed by atoms with Crippen LogP contribution in [0.4, 0.5) is 5.69 Å². The van der Waals surface area contributed by atoms with Gasteiger partial charge in [0.2, 0.25) is 0 Å². The Morgan fingerprint density at radius 2 is 1.70 bits per heavy atom. The summed E-state index contributed by atoms with van der Waals surface area (Å²) < 4.78 is 5.85. The third-order valence-corrected chi connectivity index (χ3v) is 3.31. The molecule has 0 bridgehead atoms. The summed E-state index contributed by atoms with van der Waals surface area (Å²) in [6.07, 6.45) is 7.99. The van der Waals surface area contributed by atoms with Crippen LogP contribution in [0.3, 0.4) is 0 Å². The third-order valence-electron chi connectivity index (χ3n) is 3.31. The van der Waals surface area contributed by atoms with Crippen molar-refractivity contribution in [1.82, 2.24) is 0 Å². The molecule has 0 radical (unpaired) electrons. The predicted octanol–water partition coefficient (Wildman–Crippen LogP) is 5.49. The summed E-state index contributed by atoms with van der Waals surface area (Å²) in [6.45, 7) is 8.41. The van der Waals surface area contributed by atoms with Crippen molar-refractivity contribution in [2.75, 3.05) is 18.5 Å². The standard InChI is InChI=1S/C18H31NO/c1-4-5-6-7-8-11-14-19-17-12-9-10-13-18(17)20-15-16(2)3/h9-10,12-13,16,19H,4-8,11,14-15H2,1-3H3. The highest BCUT2D eigenvalue weighted by molar-refractivity contribution is 5.56. The molecule has 0 fully saturated rings. The van der Waals surface area contributed by atoms with Crippen LogP contribution in [-0.4, -0.2) is 13.2 Å². The van der Waals surface area contributed by atoms with Gasteiger partial charge in [-0.15, -0.1) is 0 Å². The molecule has 0 spiro atoms. The van der Waals surface area contributed by atoms with Crippen molar-refractivity contribution in [3.63, 3.8) is 0 Å². The third kappa shape index (κ3) is 7.42. The fraction of sp³-hybridized carbons (Fsp3) is 0.667. The van der Waals surface area contributed by atoms with Crippen molar-refractivity contribution in [1.29, 1.82) is 0 Å². The second-order valence-electron chi connectivity index (χ2n) is 5.90. The summed E-state index contributed by atoms with van der Waals surface area (Å²) in [7, 11) is 0. The quantitative estimate of drug-likeness (QED) is 0.540. The van der Waals surface area contributed by atoms with E-state index in [9.17, 15) is 0 Å². The average molecular weight is 277 g/mol. The Hall–Kier alpha value is -1.18. The van der Waals surface area contributed by atoms with E-state index in [-0.39, 0.29) is 0 Å². The van der Waals surface area contributed by atoms with Crippen LogP contribution in [-0.2, 0) is 0 Å². The molecule has 1 aromatic rings. The molecule has 0 saturated carbocycles. The first-order valence-electron chi connectivity index (χ1n) is 8.19. The normalized spacial score (nSPS) is 10.8. The topological polar surface area (TPSA) is 21.3 Å². The first-order chi connectivity index (χ1) is 9.74. The van der Waals surface area contributed by atoms with Gasteiger partial charge in [0, 0.05) is 6.54 Å². The SMILES string of the molecule is CCCCCCCCNc1ccccc1OCC(C)C. The highest BCUT2D eigenvalue weighted by Crippen LogP contribution is 2.24. The predicted molar refractivity (Wildman–Crippen MR) is 88.6 cm³/mol. The van der Waals surface area contributed by atoms with Crippen LogP contribution >= 0.6 is 0 Å². The van der Waals surface area contributed by atoms with Gasteiger partial charge < -0.3 is 10.1 Å². The van der Waals surface area contributed by atoms with E-state index in [1.807, 2.05) is 12.1 Å². The van der Waals surface area contributed by atoms with E-state index in [4.69, 9.17) is 4.74 Å². The Bertz CT molecular complexity index is 349. The minimum Gasteiger partial charge on any atom is -0.491 e. The van der Waals surface area contributed by atoms with Crippen molar-refractivity contribution in [2.45, 2.75) is 59.3 Å². The molecule has 1 aromatic carbocycles. The van der Waals surface area contributed by atoms with E-state index in [2.05, 4.69) is 38.2 Å². The molecule has 0 atom stereocenters. The lowest BCUT2D eigenvalue weighted by molar-refractivity contribution is 0.272. The number of nitrogens with one attached hydrogen (secondary N) is 1. The molecule has 0 saturated heterocycles. The van der Waals surface area contributed by atoms with Crippen molar-refractivity contribution >= 4 is 5.69 Å². The molecule has 1 N–H and O–H groups in total. The molecule has 0 heterocycles. The first-order valence-corrected chi connectivity index (χ1v) is 8.19. The number of rotatable bonds is 11. The van der Waals surface area contributed by atoms with Crippen molar-refractivity contribution < 1.29 is 4.74 Å². The van der Waals surface area contributed by atoms with E-state index in [1.165, 1.54) is 38.5 Å². The summed E-state index contributed by atoms with van der Waals surface area (Å²) in [5, 5.41) is 3.50. The van der Waals surface area contributed by atoms with Gasteiger partial charge in [-0.2, -0.15) is 0 Å². The molecule has 0 aliphatic carbocycles. The zero-order valence-electron chi connectivity index (χ0n) is 13.5. The van der Waals surface area contributed by atoms with Gasteiger partial charge in [-0.25, -0.2) is 0 Å². The van der Waals surface area contributed by atoms with E-state index in [0.717, 1.165) is 24.6 Å². The molecule has 2 heteroatoms. The van der Waals surface area contributed by atoms with Gasteiger partial charge in [-0.05, 0) is 24.5 Å². The second kappa shape index (κ2) is 10.6. The number of ether oxygens (including phenoxy) is 1. The summed E-state index contributed by atoms with van der Waals surface area (Å²) in [6, 6.07) is 8.25. The molecular weight excluding hydrogens is 246 g/mol. The second-order valence-corrected chi connectivity index (χ2v) is 5.90. The van der Waals surface area contributed by atoms with E-state index in [0.29, 0.717) is 5.92 Å². The Labute approximate surface area is 124 Å². The van der Waals surface area contributed by atoms with Gasteiger partial charge in [-0.1, -0.05) is 65.0 Å². The maximum atomic E-state index is 5.85. The summed E-state index contributed by atoms with van der Waals surface area (Å²) in [5.74, 6) is 1.54. The number of unbranched alkanes of at least 4 members (excludes halogenated alkanes) is 5. The van der Waals surface area contributed by atoms with E-state index in [1.54, 1.807) is 0 Å². The maximum absolute atomic E-state index is 5.85. The fourth-order valence-electron chi connectivity index (χ4n) is 2.12. The Kier molecular flexibility index (Phi) is 8.93. The number of hydrogen-bond donors (Lipinski definition) is 1. The van der Waals surface area contributed by atoms with Crippen LogP contribution in [0.2, 0.25) is 0 Å². The number of hydrogen-bond acceptors (Lipinski definition) is 2. The lowest BCUT2D eigenvalue weighted by atomic mass is 10.1. The zero-order chi connectivity index (χ0) is 14.6. The molecular formula is C18H31NO. The fourth-order valence-corrected chi connectivity index (χ4v) is 2.12. The van der Waals surface area contributed by atoms with E-state index < -0.39 is 0 Å². The lowest BCUT2D eigenvalue weighted by Crippen LogP contribution is -2.08. The maximum Gasteiger partial charge on any atom is 0.142 e. The minimum atomic E-state index is 0.557. The van der Waals surface area contributed by atoms with Crippen LogP contribution in [0.15, 0.2) is 24.3 Å². The Morgan fingerprint density at radius 3 is 2.45 bits per heavy atom. The number of para-hydroxylation sites is 2. The molecule has 0 amide bonds. The largest absolute Gasteiger partial charge is 0.491 e. The van der Waals surface area contributed by atoms with Gasteiger partial charge >= 0.3 is 0 Å². The molecule has 1 rings (SSSR count). The minimum absolute atomic E-state index is 0.557. The first kappa shape index (κ1) is 16.9. The molecule has 2 nitrogen and oxygen atoms in total. The van der Waals surface area contributed by atoms with Gasteiger partial charge in [0.05, 0.1) is 12.3 Å². The highest BCUT2D eigenvalue weighted by atomic mass is 16.5. The monoisotopic (exact) mass is 277 g/mol. The number of anilines is 1. The molecule has 0 aliphatic rings. The Balaban J connectivity index is 2.25. The van der Waals surface area contributed by atoms with Gasteiger partial charge in [0.15, 0.2) is 0 Å². The molecule has 0 aliphatic heterocycles. The van der Waals surface area contributed by atoms with Crippen LogP contribution in [0.1, 0.15) is 59.3 Å². The van der Waals surface area contributed by atoms with Gasteiger partial charge in [0.1, 0.15) is 5.75 Å². The smallest absolute Gasteiger partial charge is 0.142 e. The molecule has 0 unspecified atom stereocenters. The zero-order valence-corrected chi connectivity index (χ0v) is 13.5. The van der Waals surface area contributed by atoms with Gasteiger partial charge in [0.25, 0.3) is 0 Å². The molecule has 114 valence electrons. The molecule has 20 heavy (non-hydrogen) atoms. The van der Waals surface area contributed by atoms with Crippen LogP contribution in [0.5, 0.6) is 5.75 Å². The lowest BCUT2D eigenvalue weighted by Gasteiger charge is -2.14. The van der Waals surface area contributed by atoms with Gasteiger partial charge in [-0.3, -0.25) is 0 Å². The summed E-state index contributed by atoms with van der Waals surface area (Å²) >= 11 is 0. The molecule has 0 aromatic heterocycles. The van der Waals surface area contributed by atoms with Crippen molar-refractivity contribution in [3.8, 4) is 5.75 Å². The van der Waals surface area contributed by atoms with Crippen LogP contribution in [0.25, 0.3) is 0 Å². The van der Waals surface area contributed by atoms with Crippen molar-refractivity contribution in [2.24, 2.45) is 5.92 Å². The summed E-state index contributed by atoms with van der Waals surface area (Å²) in [5.41, 5.74) is 1.13. The van der Waals surface area contributed by atoms with E-state index >= 15 is 0 Å². The average Bonchev–Trinajstić information content (AvgIpc) is 2.45. The number of benzene rings is 1. The van der Waals surface area contributed by atoms with Crippen molar-refractivity contribution in [3.05, 3.63) is 24.3 Å².